The first-order valence-electron chi connectivity index (χ1n) is 6.91. The van der Waals surface area contributed by atoms with Crippen LogP contribution >= 0.6 is 11.6 Å². The van der Waals surface area contributed by atoms with E-state index in [0.717, 1.165) is 32.7 Å². The van der Waals surface area contributed by atoms with Gasteiger partial charge < -0.3 is 4.90 Å². The van der Waals surface area contributed by atoms with Gasteiger partial charge in [0, 0.05) is 20.0 Å². The fourth-order valence-corrected chi connectivity index (χ4v) is 3.29. The van der Waals surface area contributed by atoms with E-state index in [9.17, 15) is 14.0 Å². The summed E-state index contributed by atoms with van der Waals surface area (Å²) < 4.78 is 26.5. The molecule has 1 spiro atoms. The molecule has 1 atom stereocenters. The van der Waals surface area contributed by atoms with Gasteiger partial charge in [0.2, 0.25) is 0 Å². The zero-order valence-corrected chi connectivity index (χ0v) is 12.4. The number of alkyl halides is 2. The minimum Gasteiger partial charge on any atom is -0.354 e. The summed E-state index contributed by atoms with van der Waals surface area (Å²) in [4.78, 5) is 9.71. The van der Waals surface area contributed by atoms with Gasteiger partial charge in [0.1, 0.15) is 11.5 Å². The van der Waals surface area contributed by atoms with Crippen LogP contribution in [0.3, 0.4) is 0 Å². The molecule has 0 radical (unpaired) electrons. The molecule has 2 heterocycles. The zero-order chi connectivity index (χ0) is 15.3. The molecular weight excluding hydrogens is 298 g/mol. The van der Waals surface area contributed by atoms with Gasteiger partial charge in [-0.1, -0.05) is 11.6 Å². The van der Waals surface area contributed by atoms with Crippen molar-refractivity contribution < 1.29 is 8.78 Å². The van der Waals surface area contributed by atoms with Gasteiger partial charge in [0.25, 0.3) is 5.92 Å². The van der Waals surface area contributed by atoms with Gasteiger partial charge in [-0.3, -0.25) is 0 Å². The van der Waals surface area contributed by atoms with Crippen molar-refractivity contribution in [3.63, 3.8) is 0 Å². The summed E-state index contributed by atoms with van der Waals surface area (Å²) in [7, 11) is 0. The van der Waals surface area contributed by atoms with Crippen molar-refractivity contribution >= 4 is 17.4 Å². The van der Waals surface area contributed by atoms with Gasteiger partial charge in [-0.25, -0.2) is 9.97 Å². The Morgan fingerprint density at radius 3 is 2.71 bits per heavy atom. The first kappa shape index (κ1) is 14.5. The van der Waals surface area contributed by atoms with Gasteiger partial charge in [-0.15, -0.1) is 0 Å². The fraction of sp³-hybridized carbons (Fsp3) is 0.643. The fourth-order valence-electron chi connectivity index (χ4n) is 2.99. The lowest BCUT2D eigenvalue weighted by Crippen LogP contribution is -2.41. The second-order valence-electron chi connectivity index (χ2n) is 6.00. The van der Waals surface area contributed by atoms with E-state index < -0.39 is 11.6 Å². The quantitative estimate of drug-likeness (QED) is 0.840. The van der Waals surface area contributed by atoms with Crippen molar-refractivity contribution in [2.24, 2.45) is 11.3 Å². The predicted octanol–water partition coefficient (Wildman–Crippen LogP) is 3.37. The van der Waals surface area contributed by atoms with Crippen molar-refractivity contribution in [2.75, 3.05) is 18.0 Å². The number of anilines is 1. The van der Waals surface area contributed by atoms with Crippen molar-refractivity contribution in [3.05, 3.63) is 17.0 Å². The molecule has 7 heteroatoms. The Labute approximate surface area is 126 Å². The second-order valence-corrected chi connectivity index (χ2v) is 6.35. The molecular formula is C14H15ClF2N4. The number of nitrogens with zero attached hydrogens (tertiary/aromatic N) is 4. The molecule has 1 aliphatic heterocycles. The minimum absolute atomic E-state index is 0.0425. The van der Waals surface area contributed by atoms with Crippen LogP contribution in [0.4, 0.5) is 14.6 Å². The summed E-state index contributed by atoms with van der Waals surface area (Å²) in [5.74, 6) is -2.69. The Hall–Kier alpha value is -1.48. The first-order chi connectivity index (χ1) is 9.86. The molecule has 2 fully saturated rings. The van der Waals surface area contributed by atoms with Crippen LogP contribution in [0.25, 0.3) is 0 Å². The summed E-state index contributed by atoms with van der Waals surface area (Å²) >= 11 is 5.83. The Bertz CT molecular complexity index is 604. The average Bonchev–Trinajstić information content (AvgIpc) is 3.18. The number of rotatable bonds is 2. The third-order valence-electron chi connectivity index (χ3n) is 4.53. The predicted molar refractivity (Wildman–Crippen MR) is 74.2 cm³/mol. The molecule has 2 aliphatic rings. The Balaban J connectivity index is 1.82. The van der Waals surface area contributed by atoms with E-state index in [-0.39, 0.29) is 16.5 Å². The monoisotopic (exact) mass is 312 g/mol. The second kappa shape index (κ2) is 4.77. The minimum atomic E-state index is -3.11. The van der Waals surface area contributed by atoms with Gasteiger partial charge >= 0.3 is 0 Å². The summed E-state index contributed by atoms with van der Waals surface area (Å²) in [5, 5.41) is 9.02. The van der Waals surface area contributed by atoms with Crippen LogP contribution in [-0.2, 0) is 5.92 Å². The highest BCUT2D eigenvalue weighted by molar-refractivity contribution is 6.30. The lowest BCUT2D eigenvalue weighted by molar-refractivity contribution is 0.0125. The van der Waals surface area contributed by atoms with E-state index >= 15 is 0 Å². The maximum Gasteiger partial charge on any atom is 0.290 e. The molecule has 1 aliphatic carbocycles. The normalized spacial score (nSPS) is 24.0. The number of nitriles is 1. The molecule has 1 saturated carbocycles. The molecule has 0 N–H and O–H groups in total. The summed E-state index contributed by atoms with van der Waals surface area (Å²) in [5.41, 5.74) is -0.334. The SMILES string of the molecule is CC(F)(F)c1ncc(N2CCC3(CC3)C(C#N)C2)nc1Cl. The van der Waals surface area contributed by atoms with E-state index in [2.05, 4.69) is 16.0 Å². The van der Waals surface area contributed by atoms with Gasteiger partial charge in [0.05, 0.1) is 18.2 Å². The number of aromatic nitrogens is 2. The molecule has 0 amide bonds. The topological polar surface area (TPSA) is 52.8 Å². The Morgan fingerprint density at radius 1 is 1.48 bits per heavy atom. The highest BCUT2D eigenvalue weighted by Gasteiger charge is 2.52. The molecule has 1 saturated heterocycles. The maximum atomic E-state index is 13.3. The van der Waals surface area contributed by atoms with E-state index in [1.807, 2.05) is 4.90 Å². The lowest BCUT2D eigenvalue weighted by Gasteiger charge is -2.36. The lowest BCUT2D eigenvalue weighted by atomic mass is 9.83. The summed E-state index contributed by atoms with van der Waals surface area (Å²) in [6.45, 7) is 2.06. The Kier molecular flexibility index (Phi) is 3.28. The average molecular weight is 313 g/mol. The summed E-state index contributed by atoms with van der Waals surface area (Å²) in [6, 6.07) is 2.36. The van der Waals surface area contributed by atoms with Crippen LogP contribution in [-0.4, -0.2) is 23.1 Å². The molecule has 112 valence electrons. The number of halogens is 3. The molecule has 4 nitrogen and oxygen atoms in total. The molecule has 1 unspecified atom stereocenters. The van der Waals surface area contributed by atoms with E-state index in [1.165, 1.54) is 6.20 Å². The van der Waals surface area contributed by atoms with E-state index in [1.54, 1.807) is 0 Å². The van der Waals surface area contributed by atoms with Crippen molar-refractivity contribution in [3.8, 4) is 6.07 Å². The number of hydrogen-bond acceptors (Lipinski definition) is 4. The van der Waals surface area contributed by atoms with Crippen LogP contribution in [0, 0.1) is 22.7 Å². The van der Waals surface area contributed by atoms with Gasteiger partial charge in [-0.05, 0) is 24.7 Å². The number of hydrogen-bond donors (Lipinski definition) is 0. The van der Waals surface area contributed by atoms with Crippen molar-refractivity contribution in [1.82, 2.24) is 9.97 Å². The molecule has 1 aromatic heterocycles. The molecule has 21 heavy (non-hydrogen) atoms. The van der Waals surface area contributed by atoms with Crippen LogP contribution in [0.15, 0.2) is 6.20 Å². The van der Waals surface area contributed by atoms with Crippen molar-refractivity contribution in [1.29, 1.82) is 5.26 Å². The molecule has 0 aromatic carbocycles. The van der Waals surface area contributed by atoms with Crippen molar-refractivity contribution in [2.45, 2.75) is 32.1 Å². The third-order valence-corrected chi connectivity index (χ3v) is 4.79. The third kappa shape index (κ3) is 2.55. The van der Waals surface area contributed by atoms with Crippen LogP contribution < -0.4 is 4.90 Å². The number of piperidine rings is 1. The van der Waals surface area contributed by atoms with Gasteiger partial charge in [0.15, 0.2) is 5.15 Å². The van der Waals surface area contributed by atoms with Crippen LogP contribution in [0.2, 0.25) is 5.15 Å². The first-order valence-corrected chi connectivity index (χ1v) is 7.29. The van der Waals surface area contributed by atoms with Gasteiger partial charge in [-0.2, -0.15) is 14.0 Å². The summed E-state index contributed by atoms with van der Waals surface area (Å²) in [6.07, 6.45) is 4.45. The zero-order valence-electron chi connectivity index (χ0n) is 11.6. The van der Waals surface area contributed by atoms with E-state index in [4.69, 9.17) is 11.6 Å². The van der Waals surface area contributed by atoms with Crippen LogP contribution in [0.5, 0.6) is 0 Å². The molecule has 3 rings (SSSR count). The molecule has 0 bridgehead atoms. The largest absolute Gasteiger partial charge is 0.354 e. The smallest absolute Gasteiger partial charge is 0.290 e. The van der Waals surface area contributed by atoms with Crippen LogP contribution in [0.1, 0.15) is 31.9 Å². The standard InChI is InChI=1S/C14H15ClF2N4/c1-13(16,17)11-12(15)20-10(7-19-11)21-5-4-14(2-3-14)9(6-18)8-21/h7,9H,2-5,8H2,1H3. The highest BCUT2D eigenvalue weighted by Crippen LogP contribution is 2.56. The Morgan fingerprint density at radius 2 is 2.19 bits per heavy atom. The van der Waals surface area contributed by atoms with E-state index in [0.29, 0.717) is 12.4 Å². The highest BCUT2D eigenvalue weighted by atomic mass is 35.5. The maximum absolute atomic E-state index is 13.3. The molecule has 1 aromatic rings.